The average Bonchev–Trinajstić information content (AvgIpc) is 3.29. The molecule has 0 saturated heterocycles. The Bertz CT molecular complexity index is 706. The van der Waals surface area contributed by atoms with E-state index in [4.69, 9.17) is 0 Å². The molecule has 6 nitrogen and oxygen atoms in total. The lowest BCUT2D eigenvalue weighted by atomic mass is 10.1. The van der Waals surface area contributed by atoms with Crippen molar-refractivity contribution < 1.29 is 4.79 Å². The Hall–Kier alpha value is -2.37. The quantitative estimate of drug-likeness (QED) is 0.868. The van der Waals surface area contributed by atoms with Gasteiger partial charge in [-0.3, -0.25) is 4.79 Å². The predicted octanol–water partition coefficient (Wildman–Crippen LogP) is 1.93. The number of carbonyl (C=O) groups is 1. The maximum atomic E-state index is 12.9. The molecule has 114 valence electrons. The Balaban J connectivity index is 1.70. The minimum Gasteiger partial charge on any atom is -0.365 e. The highest BCUT2D eigenvalue weighted by molar-refractivity contribution is 6.07. The fourth-order valence-electron chi connectivity index (χ4n) is 3.16. The highest BCUT2D eigenvalue weighted by atomic mass is 16.2. The van der Waals surface area contributed by atoms with Crippen LogP contribution in [-0.2, 0) is 6.54 Å². The van der Waals surface area contributed by atoms with Crippen LogP contribution in [0.5, 0.6) is 0 Å². The van der Waals surface area contributed by atoms with Crippen LogP contribution in [0.1, 0.15) is 30.3 Å². The maximum absolute atomic E-state index is 12.9. The summed E-state index contributed by atoms with van der Waals surface area (Å²) in [5, 5.41) is 7.84. The molecule has 1 amide bonds. The van der Waals surface area contributed by atoms with Crippen LogP contribution in [-0.4, -0.2) is 40.0 Å². The van der Waals surface area contributed by atoms with Crippen LogP contribution in [0.2, 0.25) is 0 Å². The molecule has 4 rings (SSSR count). The summed E-state index contributed by atoms with van der Waals surface area (Å²) in [4.78, 5) is 17.2. The molecule has 0 N–H and O–H groups in total. The summed E-state index contributed by atoms with van der Waals surface area (Å²) in [5.41, 5.74) is 2.71. The van der Waals surface area contributed by atoms with Crippen molar-refractivity contribution in [2.24, 2.45) is 0 Å². The monoisotopic (exact) mass is 297 g/mol. The minimum absolute atomic E-state index is 0.0188. The highest BCUT2D eigenvalue weighted by Crippen LogP contribution is 2.40. The summed E-state index contributed by atoms with van der Waals surface area (Å²) < 4.78 is 1.65. The van der Waals surface area contributed by atoms with E-state index in [0.29, 0.717) is 24.8 Å². The topological polar surface area (TPSA) is 54.3 Å². The van der Waals surface area contributed by atoms with Gasteiger partial charge < -0.3 is 9.80 Å². The van der Waals surface area contributed by atoms with Gasteiger partial charge in [0.2, 0.25) is 0 Å². The van der Waals surface area contributed by atoms with Gasteiger partial charge in [0.25, 0.3) is 5.91 Å². The third-order valence-electron chi connectivity index (χ3n) is 4.42. The molecular formula is C16H19N5O. The van der Waals surface area contributed by atoms with Crippen molar-refractivity contribution in [1.82, 2.24) is 15.0 Å². The van der Waals surface area contributed by atoms with Crippen molar-refractivity contribution in [3.05, 3.63) is 36.2 Å². The van der Waals surface area contributed by atoms with E-state index in [0.717, 1.165) is 12.2 Å². The molecule has 0 radical (unpaired) electrons. The number of benzene rings is 1. The lowest BCUT2D eigenvalue weighted by molar-refractivity contribution is 0.0976. The standard InChI is InChI=1S/C16H19N5O/c1-2-21-15(11-17-18-21)16(22)20-10-9-19(12-7-8-12)13-5-3-4-6-14(13)20/h3-6,11-12H,2,7-10H2,1H3. The van der Waals surface area contributed by atoms with Crippen molar-refractivity contribution in [3.63, 3.8) is 0 Å². The summed E-state index contributed by atoms with van der Waals surface area (Å²) in [5.74, 6) is -0.0188. The number of rotatable bonds is 3. The number of aryl methyl sites for hydroxylation is 1. The first-order chi connectivity index (χ1) is 10.8. The number of anilines is 2. The Morgan fingerprint density at radius 2 is 2.00 bits per heavy atom. The number of amides is 1. The van der Waals surface area contributed by atoms with Gasteiger partial charge in [0.1, 0.15) is 5.69 Å². The molecule has 2 heterocycles. The molecule has 22 heavy (non-hydrogen) atoms. The molecule has 2 aliphatic rings. The van der Waals surface area contributed by atoms with Crippen molar-refractivity contribution in [3.8, 4) is 0 Å². The lowest BCUT2D eigenvalue weighted by Crippen LogP contribution is -2.45. The van der Waals surface area contributed by atoms with E-state index in [1.807, 2.05) is 30.0 Å². The van der Waals surface area contributed by atoms with Crippen molar-refractivity contribution in [2.45, 2.75) is 32.4 Å². The number of hydrogen-bond donors (Lipinski definition) is 0. The third kappa shape index (κ3) is 2.06. The van der Waals surface area contributed by atoms with Crippen LogP contribution in [0.25, 0.3) is 0 Å². The molecule has 1 aromatic carbocycles. The molecule has 0 unspecified atom stereocenters. The van der Waals surface area contributed by atoms with Crippen LogP contribution in [0, 0.1) is 0 Å². The molecular weight excluding hydrogens is 278 g/mol. The smallest absolute Gasteiger partial charge is 0.278 e. The minimum atomic E-state index is -0.0188. The van der Waals surface area contributed by atoms with Gasteiger partial charge in [-0.2, -0.15) is 0 Å². The van der Waals surface area contributed by atoms with Gasteiger partial charge in [-0.05, 0) is 31.9 Å². The molecule has 1 aromatic heterocycles. The first-order valence-electron chi connectivity index (χ1n) is 7.85. The molecule has 6 heteroatoms. The number of para-hydroxylation sites is 2. The number of aromatic nitrogens is 3. The predicted molar refractivity (Wildman–Crippen MR) is 84.2 cm³/mol. The number of carbonyl (C=O) groups excluding carboxylic acids is 1. The SMILES string of the molecule is CCn1nncc1C(=O)N1CCN(C2CC2)c2ccccc21. The second kappa shape index (κ2) is 5.12. The number of nitrogens with zero attached hydrogens (tertiary/aromatic N) is 5. The van der Waals surface area contributed by atoms with Gasteiger partial charge in [-0.1, -0.05) is 17.3 Å². The van der Waals surface area contributed by atoms with Crippen LogP contribution in [0.3, 0.4) is 0 Å². The fourth-order valence-corrected chi connectivity index (χ4v) is 3.16. The van der Waals surface area contributed by atoms with Crippen molar-refractivity contribution >= 4 is 17.3 Å². The molecule has 1 aliphatic carbocycles. The van der Waals surface area contributed by atoms with Gasteiger partial charge >= 0.3 is 0 Å². The second-order valence-electron chi connectivity index (χ2n) is 5.81. The normalized spacial score (nSPS) is 17.5. The Morgan fingerprint density at radius 1 is 1.23 bits per heavy atom. The van der Waals surface area contributed by atoms with E-state index in [1.54, 1.807) is 10.9 Å². The number of hydrogen-bond acceptors (Lipinski definition) is 4. The summed E-state index contributed by atoms with van der Waals surface area (Å²) in [6, 6.07) is 8.83. The molecule has 0 bridgehead atoms. The van der Waals surface area contributed by atoms with Crippen LogP contribution < -0.4 is 9.80 Å². The lowest BCUT2D eigenvalue weighted by Gasteiger charge is -2.37. The average molecular weight is 297 g/mol. The van der Waals surface area contributed by atoms with Crippen LogP contribution >= 0.6 is 0 Å². The van der Waals surface area contributed by atoms with Crippen molar-refractivity contribution in [1.29, 1.82) is 0 Å². The zero-order valence-corrected chi connectivity index (χ0v) is 12.6. The molecule has 1 fully saturated rings. The van der Waals surface area contributed by atoms with E-state index < -0.39 is 0 Å². The van der Waals surface area contributed by atoms with E-state index in [1.165, 1.54) is 18.5 Å². The van der Waals surface area contributed by atoms with Crippen LogP contribution in [0.15, 0.2) is 30.5 Å². The van der Waals surface area contributed by atoms with Gasteiger partial charge in [0.05, 0.1) is 17.6 Å². The first-order valence-corrected chi connectivity index (χ1v) is 7.85. The maximum Gasteiger partial charge on any atom is 0.278 e. The van der Waals surface area contributed by atoms with Crippen LogP contribution in [0.4, 0.5) is 11.4 Å². The molecule has 2 aromatic rings. The Kier molecular flexibility index (Phi) is 3.10. The van der Waals surface area contributed by atoms with E-state index in [9.17, 15) is 4.79 Å². The fraction of sp³-hybridized carbons (Fsp3) is 0.438. The van der Waals surface area contributed by atoms with Gasteiger partial charge in [-0.25, -0.2) is 4.68 Å². The van der Waals surface area contributed by atoms with E-state index in [2.05, 4.69) is 21.3 Å². The first kappa shape index (κ1) is 13.3. The molecule has 0 spiro atoms. The summed E-state index contributed by atoms with van der Waals surface area (Å²) in [7, 11) is 0. The van der Waals surface area contributed by atoms with Gasteiger partial charge in [0, 0.05) is 25.7 Å². The third-order valence-corrected chi connectivity index (χ3v) is 4.42. The van der Waals surface area contributed by atoms with E-state index in [-0.39, 0.29) is 5.91 Å². The zero-order valence-electron chi connectivity index (χ0n) is 12.6. The molecule has 1 saturated carbocycles. The Morgan fingerprint density at radius 3 is 2.73 bits per heavy atom. The van der Waals surface area contributed by atoms with Gasteiger partial charge in [0.15, 0.2) is 0 Å². The highest BCUT2D eigenvalue weighted by Gasteiger charge is 2.36. The number of fused-ring (bicyclic) bond motifs is 1. The molecule has 1 aliphatic heterocycles. The molecule has 0 atom stereocenters. The summed E-state index contributed by atoms with van der Waals surface area (Å²) in [6.07, 6.45) is 4.07. The Labute approximate surface area is 129 Å². The summed E-state index contributed by atoms with van der Waals surface area (Å²) in [6.45, 7) is 4.21. The van der Waals surface area contributed by atoms with E-state index >= 15 is 0 Å². The zero-order chi connectivity index (χ0) is 15.1. The largest absolute Gasteiger partial charge is 0.365 e. The summed E-state index contributed by atoms with van der Waals surface area (Å²) >= 11 is 0. The van der Waals surface area contributed by atoms with Crippen molar-refractivity contribution in [2.75, 3.05) is 22.9 Å². The second-order valence-corrected chi connectivity index (χ2v) is 5.81. The van der Waals surface area contributed by atoms with Gasteiger partial charge in [-0.15, -0.1) is 5.10 Å².